The second-order valence-electron chi connectivity index (χ2n) is 9.40. The molecule has 5 rings (SSSR count). The Morgan fingerprint density at radius 1 is 1.12 bits per heavy atom. The Hall–Kier alpha value is -3.19. The molecule has 1 saturated heterocycles. The van der Waals surface area contributed by atoms with Gasteiger partial charge in [0.25, 0.3) is 11.5 Å². The molecular weight excluding hydrogens is 418 g/mol. The molecule has 2 bridgehead atoms. The van der Waals surface area contributed by atoms with E-state index in [2.05, 4.69) is 6.08 Å². The highest BCUT2D eigenvalue weighted by Gasteiger charge is 2.57. The summed E-state index contributed by atoms with van der Waals surface area (Å²) in [6.45, 7) is 0.0392. The third-order valence-electron chi connectivity index (χ3n) is 7.41. The molecular formula is C26H29N3O4. The predicted octanol–water partition coefficient (Wildman–Crippen LogP) is 2.31. The molecule has 172 valence electrons. The van der Waals surface area contributed by atoms with Crippen molar-refractivity contribution >= 4 is 17.4 Å². The summed E-state index contributed by atoms with van der Waals surface area (Å²) < 4.78 is 1.74. The lowest BCUT2D eigenvalue weighted by molar-refractivity contribution is -0.135. The zero-order valence-electron chi connectivity index (χ0n) is 19.0. The summed E-state index contributed by atoms with van der Waals surface area (Å²) in [5.41, 5.74) is 2.90. The van der Waals surface area contributed by atoms with Crippen LogP contribution in [0.2, 0.25) is 0 Å². The molecule has 1 aliphatic carbocycles. The van der Waals surface area contributed by atoms with Crippen LogP contribution < -0.4 is 5.56 Å². The highest BCUT2D eigenvalue weighted by atomic mass is 16.3. The summed E-state index contributed by atoms with van der Waals surface area (Å²) in [5, 5.41) is 10.4. The van der Waals surface area contributed by atoms with Crippen molar-refractivity contribution < 1.29 is 14.7 Å². The SMILES string of the molecule is CN(C)C(=O)[C@@H]1[C@@H](CO)[C@@H]2Cn3c(ccc(C4=CCCC4)c3=O)[C@H]1N2C(=O)c1ccccc1. The molecule has 2 aliphatic heterocycles. The molecule has 2 aromatic rings. The maximum Gasteiger partial charge on any atom is 0.258 e. The second kappa shape index (κ2) is 8.30. The van der Waals surface area contributed by atoms with Crippen molar-refractivity contribution in [2.24, 2.45) is 11.8 Å². The fourth-order valence-electron chi connectivity index (χ4n) is 5.85. The molecule has 33 heavy (non-hydrogen) atoms. The lowest BCUT2D eigenvalue weighted by Crippen LogP contribution is -2.49. The number of hydrogen-bond donors (Lipinski definition) is 1. The highest BCUT2D eigenvalue weighted by molar-refractivity contribution is 5.96. The Balaban J connectivity index is 1.67. The number of nitrogens with zero attached hydrogens (tertiary/aromatic N) is 3. The predicted molar refractivity (Wildman–Crippen MR) is 124 cm³/mol. The van der Waals surface area contributed by atoms with E-state index in [4.69, 9.17) is 0 Å². The third-order valence-corrected chi connectivity index (χ3v) is 7.41. The van der Waals surface area contributed by atoms with Crippen LogP contribution in [0.3, 0.4) is 0 Å². The van der Waals surface area contributed by atoms with Gasteiger partial charge in [0.1, 0.15) is 0 Å². The molecule has 1 aromatic heterocycles. The molecule has 7 nitrogen and oxygen atoms in total. The first-order valence-electron chi connectivity index (χ1n) is 11.6. The Morgan fingerprint density at radius 3 is 2.52 bits per heavy atom. The number of aromatic nitrogens is 1. The number of pyridine rings is 1. The van der Waals surface area contributed by atoms with Gasteiger partial charge in [0.15, 0.2) is 0 Å². The van der Waals surface area contributed by atoms with Gasteiger partial charge in [-0.1, -0.05) is 24.3 Å². The lowest BCUT2D eigenvalue weighted by Gasteiger charge is -2.38. The summed E-state index contributed by atoms with van der Waals surface area (Å²) in [6, 6.07) is 11.7. The first-order valence-corrected chi connectivity index (χ1v) is 11.6. The Bertz CT molecular complexity index is 1180. The molecule has 2 amide bonds. The molecule has 1 fully saturated rings. The fraction of sp³-hybridized carbons (Fsp3) is 0.423. The van der Waals surface area contributed by atoms with Gasteiger partial charge in [-0.05, 0) is 49.1 Å². The van der Waals surface area contributed by atoms with Gasteiger partial charge in [0, 0.05) is 50.0 Å². The molecule has 3 aliphatic rings. The van der Waals surface area contributed by atoms with Crippen LogP contribution >= 0.6 is 0 Å². The molecule has 0 unspecified atom stereocenters. The van der Waals surface area contributed by atoms with Crippen LogP contribution in [-0.2, 0) is 11.3 Å². The molecule has 0 spiro atoms. The van der Waals surface area contributed by atoms with Gasteiger partial charge in [-0.25, -0.2) is 0 Å². The van der Waals surface area contributed by atoms with Crippen LogP contribution in [0.5, 0.6) is 0 Å². The quantitative estimate of drug-likeness (QED) is 0.780. The molecule has 7 heteroatoms. The van der Waals surface area contributed by atoms with Crippen LogP contribution in [0, 0.1) is 11.8 Å². The third kappa shape index (κ3) is 3.33. The van der Waals surface area contributed by atoms with E-state index in [1.807, 2.05) is 30.3 Å². The monoisotopic (exact) mass is 447 g/mol. The molecule has 3 heterocycles. The van der Waals surface area contributed by atoms with E-state index in [-0.39, 0.29) is 30.5 Å². The van der Waals surface area contributed by atoms with Crippen molar-refractivity contribution in [3.63, 3.8) is 0 Å². The van der Waals surface area contributed by atoms with E-state index in [9.17, 15) is 19.5 Å². The maximum atomic E-state index is 13.7. The van der Waals surface area contributed by atoms with E-state index >= 15 is 0 Å². The smallest absolute Gasteiger partial charge is 0.258 e. The Kier molecular flexibility index (Phi) is 5.44. The van der Waals surface area contributed by atoms with Crippen molar-refractivity contribution in [3.8, 4) is 0 Å². The number of aliphatic hydroxyl groups is 1. The summed E-state index contributed by atoms with van der Waals surface area (Å²) in [4.78, 5) is 43.8. The first-order chi connectivity index (χ1) is 15.9. The van der Waals surface area contributed by atoms with Gasteiger partial charge >= 0.3 is 0 Å². The number of allylic oxidation sites excluding steroid dienone is 2. The number of rotatable bonds is 4. The fourth-order valence-corrected chi connectivity index (χ4v) is 5.85. The zero-order valence-corrected chi connectivity index (χ0v) is 19.0. The standard InChI is InChI=1S/C26H29N3O4/c1-27(2)26(33)22-19(15-30)21-14-28-20(13-12-18(25(28)32)16-8-6-7-9-16)23(22)29(21)24(31)17-10-4-3-5-11-17/h3-5,8,10-13,19,21-23,30H,6-7,9,14-15H2,1-2H3/t19-,21-,22+,23+/m0/s1. The van der Waals surface area contributed by atoms with Crippen molar-refractivity contribution in [2.45, 2.75) is 37.9 Å². The molecule has 1 N–H and O–H groups in total. The van der Waals surface area contributed by atoms with Crippen molar-refractivity contribution in [2.75, 3.05) is 20.7 Å². The highest BCUT2D eigenvalue weighted by Crippen LogP contribution is 2.49. The van der Waals surface area contributed by atoms with Crippen molar-refractivity contribution in [1.29, 1.82) is 0 Å². The Morgan fingerprint density at radius 2 is 1.88 bits per heavy atom. The van der Waals surface area contributed by atoms with Gasteiger partial charge in [-0.15, -0.1) is 0 Å². The first kappa shape index (κ1) is 21.6. The summed E-state index contributed by atoms with van der Waals surface area (Å²) in [5.74, 6) is -1.39. The number of amides is 2. The molecule has 0 radical (unpaired) electrons. The number of carbonyl (C=O) groups excluding carboxylic acids is 2. The van der Waals surface area contributed by atoms with Gasteiger partial charge in [0.2, 0.25) is 5.91 Å². The minimum atomic E-state index is -0.618. The average Bonchev–Trinajstić information content (AvgIpc) is 3.43. The van der Waals surface area contributed by atoms with Crippen LogP contribution in [-0.4, -0.2) is 58.0 Å². The second-order valence-corrected chi connectivity index (χ2v) is 9.40. The molecule has 0 saturated carbocycles. The molecule has 4 atom stereocenters. The van der Waals surface area contributed by atoms with Crippen molar-refractivity contribution in [1.82, 2.24) is 14.4 Å². The summed E-state index contributed by atoms with van der Waals surface area (Å²) >= 11 is 0. The number of benzene rings is 1. The van der Waals surface area contributed by atoms with Crippen LogP contribution in [0.25, 0.3) is 5.57 Å². The van der Waals surface area contributed by atoms with Gasteiger partial charge in [-0.2, -0.15) is 0 Å². The summed E-state index contributed by atoms with van der Waals surface area (Å²) in [6.07, 6.45) is 5.04. The van der Waals surface area contributed by atoms with Crippen molar-refractivity contribution in [3.05, 3.63) is 75.7 Å². The Labute approximate surface area is 192 Å². The minimum Gasteiger partial charge on any atom is -0.396 e. The van der Waals surface area contributed by atoms with Crippen LogP contribution in [0.15, 0.2) is 53.3 Å². The van der Waals surface area contributed by atoms with Gasteiger partial charge in [0.05, 0.1) is 18.0 Å². The van der Waals surface area contributed by atoms with Crippen LogP contribution in [0.1, 0.15) is 46.9 Å². The lowest BCUT2D eigenvalue weighted by atomic mass is 9.86. The number of aliphatic hydroxyl groups excluding tert-OH is 1. The summed E-state index contributed by atoms with van der Waals surface area (Å²) in [7, 11) is 3.37. The van der Waals surface area contributed by atoms with E-state index in [1.54, 1.807) is 35.7 Å². The van der Waals surface area contributed by atoms with Gasteiger partial charge < -0.3 is 19.5 Å². The minimum absolute atomic E-state index is 0.0721. The molecule has 1 aromatic carbocycles. The van der Waals surface area contributed by atoms with E-state index in [0.29, 0.717) is 16.8 Å². The van der Waals surface area contributed by atoms with E-state index in [0.717, 1.165) is 24.8 Å². The van der Waals surface area contributed by atoms with Gasteiger partial charge in [-0.3, -0.25) is 14.4 Å². The topological polar surface area (TPSA) is 82.8 Å². The number of hydrogen-bond acceptors (Lipinski definition) is 4. The average molecular weight is 448 g/mol. The van der Waals surface area contributed by atoms with Crippen LogP contribution in [0.4, 0.5) is 0 Å². The van der Waals surface area contributed by atoms with E-state index < -0.39 is 23.9 Å². The number of fused-ring (bicyclic) bond motifs is 4. The normalized spacial score (nSPS) is 25.5. The zero-order chi connectivity index (χ0) is 23.3. The van der Waals surface area contributed by atoms with E-state index in [1.165, 1.54) is 4.90 Å². The maximum absolute atomic E-state index is 13.7. The number of carbonyl (C=O) groups is 2. The largest absolute Gasteiger partial charge is 0.396 e.